The Labute approximate surface area is 136 Å². The highest BCUT2D eigenvalue weighted by molar-refractivity contribution is 4.47. The fourth-order valence-electron chi connectivity index (χ4n) is 2.41. The SMILES string of the molecule is CCCCCCCCN.[CH2]CCCCCCCCCCC. The monoisotopic (exact) mass is 298 g/mol. The van der Waals surface area contributed by atoms with Crippen molar-refractivity contribution in [1.29, 1.82) is 0 Å². The van der Waals surface area contributed by atoms with Gasteiger partial charge in [0.25, 0.3) is 0 Å². The Balaban J connectivity index is 0. The fraction of sp³-hybridized carbons (Fsp3) is 0.950. The molecule has 0 aliphatic heterocycles. The normalized spacial score (nSPS) is 10.3. The van der Waals surface area contributed by atoms with Crippen molar-refractivity contribution in [2.45, 2.75) is 117 Å². The van der Waals surface area contributed by atoms with E-state index >= 15 is 0 Å². The van der Waals surface area contributed by atoms with Gasteiger partial charge in [-0.2, -0.15) is 0 Å². The smallest absolute Gasteiger partial charge is 0.00773 e. The van der Waals surface area contributed by atoms with Crippen LogP contribution < -0.4 is 5.73 Å². The first-order valence-corrected chi connectivity index (χ1v) is 9.82. The van der Waals surface area contributed by atoms with E-state index in [4.69, 9.17) is 5.73 Å². The molecule has 0 saturated heterocycles. The van der Waals surface area contributed by atoms with Crippen LogP contribution in [0, 0.1) is 6.92 Å². The van der Waals surface area contributed by atoms with Crippen LogP contribution in [-0.4, -0.2) is 6.54 Å². The molecular weight excluding hydrogens is 254 g/mol. The van der Waals surface area contributed by atoms with Crippen molar-refractivity contribution >= 4 is 0 Å². The van der Waals surface area contributed by atoms with Crippen molar-refractivity contribution in [2.75, 3.05) is 6.54 Å². The molecule has 0 heterocycles. The molecular formula is C20H44N. The Morgan fingerprint density at radius 1 is 0.524 bits per heavy atom. The number of hydrogen-bond donors (Lipinski definition) is 1. The summed E-state index contributed by atoms with van der Waals surface area (Å²) in [6, 6.07) is 0. The van der Waals surface area contributed by atoms with Crippen molar-refractivity contribution in [3.05, 3.63) is 6.92 Å². The second-order valence-corrected chi connectivity index (χ2v) is 6.24. The molecule has 0 spiro atoms. The van der Waals surface area contributed by atoms with Crippen LogP contribution in [0.3, 0.4) is 0 Å². The van der Waals surface area contributed by atoms with Crippen molar-refractivity contribution < 1.29 is 0 Å². The number of unbranched alkanes of at least 4 members (excludes halogenated alkanes) is 14. The third-order valence-corrected chi connectivity index (χ3v) is 3.91. The molecule has 129 valence electrons. The van der Waals surface area contributed by atoms with Gasteiger partial charge in [0.05, 0.1) is 0 Å². The quantitative estimate of drug-likeness (QED) is 0.322. The summed E-state index contributed by atoms with van der Waals surface area (Å²) in [6.07, 6.45) is 21.9. The lowest BCUT2D eigenvalue weighted by molar-refractivity contribution is 0.566. The van der Waals surface area contributed by atoms with Crippen molar-refractivity contribution in [3.63, 3.8) is 0 Å². The van der Waals surface area contributed by atoms with Crippen LogP contribution in [-0.2, 0) is 0 Å². The Kier molecular flexibility index (Phi) is 27.6. The van der Waals surface area contributed by atoms with Crippen LogP contribution in [0.4, 0.5) is 0 Å². The average Bonchev–Trinajstić information content (AvgIpc) is 2.51. The fourth-order valence-corrected chi connectivity index (χ4v) is 2.41. The summed E-state index contributed by atoms with van der Waals surface area (Å²) in [5.41, 5.74) is 5.34. The molecule has 0 atom stereocenters. The van der Waals surface area contributed by atoms with Gasteiger partial charge in [0.15, 0.2) is 0 Å². The Hall–Kier alpha value is -0.0400. The van der Waals surface area contributed by atoms with Gasteiger partial charge in [-0.1, -0.05) is 117 Å². The molecule has 0 aromatic rings. The van der Waals surface area contributed by atoms with Gasteiger partial charge in [0.2, 0.25) is 0 Å². The lowest BCUT2D eigenvalue weighted by Gasteiger charge is -1.99. The minimum atomic E-state index is 0.867. The van der Waals surface area contributed by atoms with E-state index < -0.39 is 0 Å². The zero-order valence-corrected chi connectivity index (χ0v) is 15.3. The van der Waals surface area contributed by atoms with Crippen LogP contribution in [0.2, 0.25) is 0 Å². The molecule has 1 heteroatoms. The Morgan fingerprint density at radius 3 is 1.19 bits per heavy atom. The molecule has 0 aromatic heterocycles. The van der Waals surface area contributed by atoms with Crippen LogP contribution in [0.25, 0.3) is 0 Å². The molecule has 0 fully saturated rings. The largest absolute Gasteiger partial charge is 0.330 e. The van der Waals surface area contributed by atoms with Crippen molar-refractivity contribution in [2.24, 2.45) is 5.73 Å². The molecule has 0 aliphatic rings. The molecule has 2 N–H and O–H groups in total. The molecule has 21 heavy (non-hydrogen) atoms. The number of nitrogens with two attached hydrogens (primary N) is 1. The summed E-state index contributed by atoms with van der Waals surface area (Å²) in [5.74, 6) is 0. The van der Waals surface area contributed by atoms with Crippen LogP contribution in [0.5, 0.6) is 0 Å². The van der Waals surface area contributed by atoms with E-state index in [1.807, 2.05) is 0 Å². The van der Waals surface area contributed by atoms with Gasteiger partial charge in [-0.25, -0.2) is 0 Å². The molecule has 0 amide bonds. The van der Waals surface area contributed by atoms with E-state index in [1.165, 1.54) is 96.3 Å². The molecule has 0 aromatic carbocycles. The van der Waals surface area contributed by atoms with Crippen LogP contribution in [0.15, 0.2) is 0 Å². The first-order valence-electron chi connectivity index (χ1n) is 9.82. The lowest BCUT2D eigenvalue weighted by Crippen LogP contribution is -1.97. The summed E-state index contributed by atoms with van der Waals surface area (Å²) >= 11 is 0. The highest BCUT2D eigenvalue weighted by atomic mass is 14.5. The van der Waals surface area contributed by atoms with E-state index in [9.17, 15) is 0 Å². The molecule has 1 nitrogen and oxygen atoms in total. The summed E-state index contributed by atoms with van der Waals surface area (Å²) < 4.78 is 0. The molecule has 0 saturated carbocycles. The van der Waals surface area contributed by atoms with Crippen LogP contribution >= 0.6 is 0 Å². The van der Waals surface area contributed by atoms with Gasteiger partial charge in [-0.3, -0.25) is 0 Å². The zero-order chi connectivity index (χ0) is 16.0. The molecule has 0 unspecified atom stereocenters. The van der Waals surface area contributed by atoms with E-state index in [-0.39, 0.29) is 0 Å². The molecule has 0 rings (SSSR count). The van der Waals surface area contributed by atoms with Crippen molar-refractivity contribution in [3.8, 4) is 0 Å². The summed E-state index contributed by atoms with van der Waals surface area (Å²) in [4.78, 5) is 0. The second-order valence-electron chi connectivity index (χ2n) is 6.24. The maximum absolute atomic E-state index is 5.34. The number of hydrogen-bond acceptors (Lipinski definition) is 1. The van der Waals surface area contributed by atoms with E-state index in [2.05, 4.69) is 20.8 Å². The van der Waals surface area contributed by atoms with Gasteiger partial charge < -0.3 is 5.73 Å². The van der Waals surface area contributed by atoms with Crippen molar-refractivity contribution in [1.82, 2.24) is 0 Å². The second kappa shape index (κ2) is 24.9. The number of rotatable bonds is 15. The van der Waals surface area contributed by atoms with Gasteiger partial charge in [-0.15, -0.1) is 0 Å². The topological polar surface area (TPSA) is 26.0 Å². The third kappa shape index (κ3) is 28.8. The minimum Gasteiger partial charge on any atom is -0.330 e. The standard InChI is InChI=1S/C12H25.C8H19N/c1-3-5-7-9-11-12-10-8-6-4-2;1-2-3-4-5-6-7-8-9/h1,3-12H2,2H3;2-9H2,1H3. The first kappa shape index (κ1) is 23.2. The third-order valence-electron chi connectivity index (χ3n) is 3.91. The summed E-state index contributed by atoms with van der Waals surface area (Å²) in [7, 11) is 0. The highest BCUT2D eigenvalue weighted by Gasteiger charge is 1.90. The minimum absolute atomic E-state index is 0.867. The predicted octanol–water partition coefficient (Wildman–Crippen LogP) is 7.05. The van der Waals surface area contributed by atoms with Gasteiger partial charge >= 0.3 is 0 Å². The Bertz CT molecular complexity index is 129. The van der Waals surface area contributed by atoms with E-state index in [0.29, 0.717) is 0 Å². The molecule has 1 radical (unpaired) electrons. The molecule has 0 aliphatic carbocycles. The van der Waals surface area contributed by atoms with E-state index in [0.717, 1.165) is 13.0 Å². The summed E-state index contributed by atoms with van der Waals surface area (Å²) in [5, 5.41) is 0. The van der Waals surface area contributed by atoms with E-state index in [1.54, 1.807) is 0 Å². The maximum Gasteiger partial charge on any atom is -0.00773 e. The van der Waals surface area contributed by atoms with Gasteiger partial charge in [0, 0.05) is 0 Å². The zero-order valence-electron chi connectivity index (χ0n) is 15.3. The highest BCUT2D eigenvalue weighted by Crippen LogP contribution is 2.09. The Morgan fingerprint density at radius 2 is 0.857 bits per heavy atom. The summed E-state index contributed by atoms with van der Waals surface area (Å²) in [6.45, 7) is 9.22. The van der Waals surface area contributed by atoms with Gasteiger partial charge in [0.1, 0.15) is 0 Å². The average molecular weight is 299 g/mol. The van der Waals surface area contributed by atoms with Gasteiger partial charge in [-0.05, 0) is 13.0 Å². The first-order chi connectivity index (χ1) is 10.3. The lowest BCUT2D eigenvalue weighted by atomic mass is 10.1. The predicted molar refractivity (Wildman–Crippen MR) is 99.6 cm³/mol. The van der Waals surface area contributed by atoms with Crippen LogP contribution in [0.1, 0.15) is 117 Å². The maximum atomic E-state index is 5.34. The molecule has 0 bridgehead atoms.